The van der Waals surface area contributed by atoms with Gasteiger partial charge in [0.05, 0.1) is 17.5 Å². The number of sulfonamides is 1. The Labute approximate surface area is 325 Å². The summed E-state index contributed by atoms with van der Waals surface area (Å²) in [5.74, 6) is -1.53. The van der Waals surface area contributed by atoms with E-state index in [1.165, 1.54) is 24.1 Å². The number of unbranched alkanes of at least 4 members (excludes halogenated alkanes) is 1. The minimum Gasteiger partial charge on any atom is -0.490 e. The predicted octanol–water partition coefficient (Wildman–Crippen LogP) is 6.65. The highest BCUT2D eigenvalue weighted by atomic mass is 35.5. The van der Waals surface area contributed by atoms with Crippen molar-refractivity contribution in [3.63, 3.8) is 0 Å². The second kappa shape index (κ2) is 17.3. The van der Waals surface area contributed by atoms with E-state index < -0.39 is 44.4 Å². The first-order valence-corrected chi connectivity index (χ1v) is 21.6. The maximum atomic E-state index is 16.9. The molecular weight excluding hydrogens is 731 g/mol. The normalized spacial score (nSPS) is 28.2. The van der Waals surface area contributed by atoms with Crippen molar-refractivity contribution < 1.29 is 31.9 Å². The van der Waals surface area contributed by atoms with E-state index in [1.807, 2.05) is 17.0 Å². The summed E-state index contributed by atoms with van der Waals surface area (Å²) in [6.07, 6.45) is 8.06. The van der Waals surface area contributed by atoms with Crippen LogP contribution in [0, 0.1) is 5.92 Å². The largest absolute Gasteiger partial charge is 0.490 e. The molecule has 0 aromatic heterocycles. The number of benzene rings is 2. The topological polar surface area (TPSA) is 108 Å². The van der Waals surface area contributed by atoms with E-state index in [0.717, 1.165) is 44.9 Å². The maximum Gasteiger partial charge on any atom is 0.264 e. The molecular formula is C41H56ClFN4O6S. The van der Waals surface area contributed by atoms with Crippen molar-refractivity contribution in [2.75, 3.05) is 57.9 Å². The molecule has 2 aromatic carbocycles. The summed E-state index contributed by atoms with van der Waals surface area (Å²) >= 11 is 6.47. The van der Waals surface area contributed by atoms with Gasteiger partial charge in [-0.2, -0.15) is 0 Å². The Morgan fingerprint density at radius 2 is 1.94 bits per heavy atom. The van der Waals surface area contributed by atoms with Crippen molar-refractivity contribution in [1.29, 1.82) is 0 Å². The lowest BCUT2D eigenvalue weighted by atomic mass is 9.70. The van der Waals surface area contributed by atoms with Crippen LogP contribution in [0.25, 0.3) is 0 Å². The standard InChI is InChI=1S/C41H56ClFN4O6S/c1-5-6-19-45(20-9-22-52-4)40(49)38-35(43)16-12-28(2)29(3)54(50,51)44-39(48)31-13-17-37-36(24-31)46(25-33-11-8-21-47(33)38)26-41(27-53-37)18-7-10-30-23-32(42)14-15-34(30)41/h13-17,23-24,28-29,33,38H,5-12,18-22,25-27H2,1-4H3,(H,44,48)/b35-16-/t28-,29+,33-,38+,41-/m0/s1. The van der Waals surface area contributed by atoms with Crippen LogP contribution in [0.5, 0.6) is 5.75 Å². The zero-order valence-corrected chi connectivity index (χ0v) is 33.7. The molecule has 10 nitrogen and oxygen atoms in total. The number of fused-ring (bicyclic) bond motifs is 4. The van der Waals surface area contributed by atoms with Gasteiger partial charge in [-0.15, -0.1) is 0 Å². The Bertz CT molecular complexity index is 1830. The third-order valence-corrected chi connectivity index (χ3v) is 14.2. The van der Waals surface area contributed by atoms with Gasteiger partial charge in [-0.05, 0) is 112 Å². The average Bonchev–Trinajstić information content (AvgIpc) is 3.54. The monoisotopic (exact) mass is 786 g/mol. The molecule has 0 unspecified atom stereocenters. The van der Waals surface area contributed by atoms with Crippen LogP contribution in [0.2, 0.25) is 5.02 Å². The van der Waals surface area contributed by atoms with Crippen molar-refractivity contribution in [3.8, 4) is 5.75 Å². The molecule has 1 saturated heterocycles. The summed E-state index contributed by atoms with van der Waals surface area (Å²) in [7, 11) is -2.51. The number of methoxy groups -OCH3 is 1. The van der Waals surface area contributed by atoms with E-state index >= 15 is 4.39 Å². The summed E-state index contributed by atoms with van der Waals surface area (Å²) in [6.45, 7) is 8.71. The van der Waals surface area contributed by atoms with Gasteiger partial charge in [0.25, 0.3) is 5.91 Å². The molecule has 2 amide bonds. The van der Waals surface area contributed by atoms with Gasteiger partial charge in [0, 0.05) is 61.9 Å². The van der Waals surface area contributed by atoms with Gasteiger partial charge in [0.15, 0.2) is 0 Å². The molecule has 6 rings (SSSR count). The number of nitrogens with zero attached hydrogens (tertiary/aromatic N) is 3. The molecule has 1 spiro atoms. The van der Waals surface area contributed by atoms with Crippen LogP contribution in [-0.2, 0) is 31.4 Å². The molecule has 13 heteroatoms. The van der Waals surface area contributed by atoms with E-state index in [2.05, 4.69) is 22.6 Å². The van der Waals surface area contributed by atoms with Gasteiger partial charge in [-0.3, -0.25) is 14.5 Å². The van der Waals surface area contributed by atoms with E-state index in [9.17, 15) is 18.0 Å². The van der Waals surface area contributed by atoms with Gasteiger partial charge in [0.1, 0.15) is 17.6 Å². The third kappa shape index (κ3) is 8.61. The van der Waals surface area contributed by atoms with E-state index in [-0.39, 0.29) is 23.9 Å². The Morgan fingerprint density at radius 3 is 2.72 bits per heavy atom. The lowest BCUT2D eigenvalue weighted by molar-refractivity contribution is -0.136. The number of aryl methyl sites for hydroxylation is 1. The maximum absolute atomic E-state index is 16.9. The third-order valence-electron chi connectivity index (χ3n) is 12.1. The van der Waals surface area contributed by atoms with Gasteiger partial charge >= 0.3 is 0 Å². The molecule has 2 aromatic rings. The lowest BCUT2D eigenvalue weighted by Gasteiger charge is -2.42. The van der Waals surface area contributed by atoms with Gasteiger partial charge < -0.3 is 19.3 Å². The number of carbonyl (C=O) groups is 2. The number of carbonyl (C=O) groups excluding carboxylic acids is 2. The first kappa shape index (κ1) is 40.5. The number of halogens is 2. The highest BCUT2D eigenvalue weighted by molar-refractivity contribution is 7.90. The van der Waals surface area contributed by atoms with Crippen molar-refractivity contribution in [2.24, 2.45) is 5.92 Å². The molecule has 54 heavy (non-hydrogen) atoms. The fourth-order valence-electron chi connectivity index (χ4n) is 8.76. The van der Waals surface area contributed by atoms with Gasteiger partial charge in [-0.25, -0.2) is 17.5 Å². The van der Waals surface area contributed by atoms with Crippen LogP contribution in [0.15, 0.2) is 48.3 Å². The highest BCUT2D eigenvalue weighted by Crippen LogP contribution is 2.45. The first-order valence-electron chi connectivity index (χ1n) is 19.6. The number of allylic oxidation sites excluding steroid dienone is 1. The molecule has 296 valence electrons. The zero-order chi connectivity index (χ0) is 38.6. The molecule has 1 fully saturated rings. The number of hydrogen-bond acceptors (Lipinski definition) is 8. The smallest absolute Gasteiger partial charge is 0.264 e. The second-order valence-corrected chi connectivity index (χ2v) is 18.2. The summed E-state index contributed by atoms with van der Waals surface area (Å²) < 4.78 is 58.3. The fourth-order valence-corrected chi connectivity index (χ4v) is 10.2. The van der Waals surface area contributed by atoms with Crippen molar-refractivity contribution in [2.45, 2.75) is 101 Å². The number of nitrogens with one attached hydrogen (secondary N) is 1. The molecule has 0 radical (unpaired) electrons. The Hall–Kier alpha value is -3.19. The summed E-state index contributed by atoms with van der Waals surface area (Å²) in [5.41, 5.74) is 2.83. The van der Waals surface area contributed by atoms with Crippen LogP contribution in [-0.4, -0.2) is 100 Å². The Morgan fingerprint density at radius 1 is 1.15 bits per heavy atom. The molecule has 4 aliphatic rings. The van der Waals surface area contributed by atoms with Gasteiger partial charge in [-0.1, -0.05) is 44.0 Å². The van der Waals surface area contributed by atoms with E-state index in [4.69, 9.17) is 21.1 Å². The number of anilines is 1. The van der Waals surface area contributed by atoms with Crippen molar-refractivity contribution in [3.05, 3.63) is 70.0 Å². The molecule has 1 N–H and O–H groups in total. The van der Waals surface area contributed by atoms with Crippen molar-refractivity contribution >= 4 is 39.1 Å². The fraction of sp³-hybridized carbons (Fsp3) is 0.610. The lowest BCUT2D eigenvalue weighted by Crippen LogP contribution is -2.55. The molecule has 2 bridgehead atoms. The highest BCUT2D eigenvalue weighted by Gasteiger charge is 2.45. The number of ether oxygens (including phenoxy) is 2. The van der Waals surface area contributed by atoms with Crippen LogP contribution >= 0.6 is 11.6 Å². The number of hydrogen-bond donors (Lipinski definition) is 1. The predicted molar refractivity (Wildman–Crippen MR) is 211 cm³/mol. The van der Waals surface area contributed by atoms with E-state index in [0.29, 0.717) is 68.8 Å². The molecule has 3 aliphatic heterocycles. The molecule has 1 aliphatic carbocycles. The van der Waals surface area contributed by atoms with Crippen LogP contribution in [0.1, 0.15) is 93.6 Å². The SMILES string of the molecule is CCCCN(CCCOC)C(=O)[C@H]1/C(F)=C/C[C@H](C)[C@@H](C)S(=O)(=O)NC(=O)c2ccc3c(c2)N(C[C@@H]2CCCN21)C[C@@]1(CCCc2cc(Cl)ccc21)CO3. The van der Waals surface area contributed by atoms with Crippen LogP contribution in [0.4, 0.5) is 10.1 Å². The average molecular weight is 787 g/mol. The summed E-state index contributed by atoms with van der Waals surface area (Å²) in [5, 5.41) is -0.326. The van der Waals surface area contributed by atoms with Crippen LogP contribution < -0.4 is 14.4 Å². The van der Waals surface area contributed by atoms with Crippen LogP contribution in [0.3, 0.4) is 0 Å². The molecule has 5 atom stereocenters. The number of amides is 2. The first-order chi connectivity index (χ1) is 25.9. The zero-order valence-electron chi connectivity index (χ0n) is 32.1. The van der Waals surface area contributed by atoms with Crippen molar-refractivity contribution in [1.82, 2.24) is 14.5 Å². The number of rotatable bonds is 8. The molecule has 0 saturated carbocycles. The van der Waals surface area contributed by atoms with E-state index in [1.54, 1.807) is 37.1 Å². The Kier molecular flexibility index (Phi) is 13.0. The minimum atomic E-state index is -4.14. The van der Waals surface area contributed by atoms with Gasteiger partial charge in [0.2, 0.25) is 15.9 Å². The summed E-state index contributed by atoms with van der Waals surface area (Å²) in [4.78, 5) is 34.3. The Balaban J connectivity index is 1.46. The summed E-state index contributed by atoms with van der Waals surface area (Å²) in [6, 6.07) is 9.79. The molecule has 3 heterocycles. The second-order valence-electron chi connectivity index (χ2n) is 15.7. The minimum absolute atomic E-state index is 0.0806. The quantitative estimate of drug-likeness (QED) is 0.297.